The van der Waals surface area contributed by atoms with Gasteiger partial charge in [-0.05, 0) is 6.07 Å². The van der Waals surface area contributed by atoms with Gasteiger partial charge in [0.2, 0.25) is 5.82 Å². The first-order valence-corrected chi connectivity index (χ1v) is 6.58. The lowest BCUT2D eigenvalue weighted by Gasteiger charge is -2.13. The Morgan fingerprint density at radius 3 is 2.50 bits per heavy atom. The molecule has 0 saturated carbocycles. The molecular formula is C15H8F5NO3. The Hall–Kier alpha value is -2.84. The first kappa shape index (κ1) is 16.0. The maximum atomic E-state index is 13.8. The summed E-state index contributed by atoms with van der Waals surface area (Å²) in [5.74, 6) is -9.99. The van der Waals surface area contributed by atoms with Crippen LogP contribution >= 0.6 is 0 Å². The number of rotatable bonds is 2. The van der Waals surface area contributed by atoms with Crippen LogP contribution in [0.25, 0.3) is 0 Å². The Kier molecular flexibility index (Phi) is 3.78. The van der Waals surface area contributed by atoms with Crippen molar-refractivity contribution >= 4 is 5.91 Å². The zero-order valence-electron chi connectivity index (χ0n) is 11.7. The van der Waals surface area contributed by atoms with E-state index in [2.05, 4.69) is 5.32 Å². The number of hydrogen-bond donors (Lipinski definition) is 2. The van der Waals surface area contributed by atoms with Gasteiger partial charge < -0.3 is 15.2 Å². The van der Waals surface area contributed by atoms with Gasteiger partial charge in [0.15, 0.2) is 17.4 Å². The van der Waals surface area contributed by atoms with Gasteiger partial charge in [0.05, 0.1) is 17.2 Å². The highest BCUT2D eigenvalue weighted by Crippen LogP contribution is 2.35. The van der Waals surface area contributed by atoms with Crippen molar-refractivity contribution in [1.29, 1.82) is 0 Å². The quantitative estimate of drug-likeness (QED) is 0.650. The number of phenolic OH excluding ortho intramolecular Hbond substituents is 1. The summed E-state index contributed by atoms with van der Waals surface area (Å²) in [6.07, 6.45) is 0. The molecule has 0 spiro atoms. The summed E-state index contributed by atoms with van der Waals surface area (Å²) in [5, 5.41) is 11.3. The van der Waals surface area contributed by atoms with Gasteiger partial charge in [-0.3, -0.25) is 4.79 Å². The molecule has 0 aliphatic carbocycles. The normalized spacial score (nSPS) is 15.8. The lowest BCUT2D eigenvalue weighted by atomic mass is 10.1. The van der Waals surface area contributed by atoms with Crippen LogP contribution in [0, 0.1) is 29.1 Å². The van der Waals surface area contributed by atoms with Crippen molar-refractivity contribution in [2.75, 3.05) is 6.61 Å². The number of benzene rings is 2. The summed E-state index contributed by atoms with van der Waals surface area (Å²) in [6.45, 7) is -0.265. The average molecular weight is 345 g/mol. The van der Waals surface area contributed by atoms with E-state index in [4.69, 9.17) is 9.84 Å². The predicted octanol–water partition coefficient (Wildman–Crippen LogP) is 2.95. The van der Waals surface area contributed by atoms with Crippen LogP contribution in [0.1, 0.15) is 22.0 Å². The SMILES string of the molecule is O=C(NC1COc2cc(F)cc(F)c21)c1cc(F)c(F)c(O)c1F. The third kappa shape index (κ3) is 2.51. The number of carbonyl (C=O) groups is 1. The van der Waals surface area contributed by atoms with E-state index in [1.807, 2.05) is 0 Å². The van der Waals surface area contributed by atoms with Crippen molar-refractivity contribution < 1.29 is 36.6 Å². The highest BCUT2D eigenvalue weighted by Gasteiger charge is 2.31. The van der Waals surface area contributed by atoms with E-state index < -0.39 is 52.3 Å². The van der Waals surface area contributed by atoms with Gasteiger partial charge in [0, 0.05) is 12.1 Å². The third-order valence-electron chi connectivity index (χ3n) is 3.49. The number of hydrogen-bond acceptors (Lipinski definition) is 3. The molecule has 0 saturated heterocycles. The van der Waals surface area contributed by atoms with Gasteiger partial charge in [0.25, 0.3) is 5.91 Å². The van der Waals surface area contributed by atoms with Crippen molar-refractivity contribution in [3.63, 3.8) is 0 Å². The molecule has 9 heteroatoms. The smallest absolute Gasteiger partial charge is 0.255 e. The van der Waals surface area contributed by atoms with E-state index in [0.29, 0.717) is 6.07 Å². The summed E-state index contributed by atoms with van der Waals surface area (Å²) >= 11 is 0. The first-order chi connectivity index (χ1) is 11.3. The molecule has 0 aromatic heterocycles. The van der Waals surface area contributed by atoms with Gasteiger partial charge in [-0.25, -0.2) is 17.6 Å². The summed E-state index contributed by atoms with van der Waals surface area (Å²) in [6, 6.07) is 0.658. The standard InChI is InChI=1S/C15H8F5NO3/c16-5-1-7(17)11-9(4-24-10(11)2-5)21-15(23)6-3-8(18)13(20)14(22)12(6)19/h1-3,9,22H,4H2,(H,21,23). The van der Waals surface area contributed by atoms with Crippen molar-refractivity contribution in [1.82, 2.24) is 5.32 Å². The van der Waals surface area contributed by atoms with E-state index in [0.717, 1.165) is 6.07 Å². The predicted molar refractivity (Wildman–Crippen MR) is 70.0 cm³/mol. The molecule has 0 bridgehead atoms. The van der Waals surface area contributed by atoms with Crippen molar-refractivity contribution in [2.45, 2.75) is 6.04 Å². The Bertz CT molecular complexity index is 856. The lowest BCUT2D eigenvalue weighted by Crippen LogP contribution is -2.30. The zero-order valence-corrected chi connectivity index (χ0v) is 11.7. The fourth-order valence-corrected chi connectivity index (χ4v) is 2.38. The molecule has 126 valence electrons. The van der Waals surface area contributed by atoms with Crippen LogP contribution in [0.2, 0.25) is 0 Å². The molecule has 1 aliphatic rings. The topological polar surface area (TPSA) is 58.6 Å². The van der Waals surface area contributed by atoms with Crippen molar-refractivity contribution in [3.05, 3.63) is 58.4 Å². The number of amides is 1. The number of halogens is 5. The molecule has 2 aromatic rings. The van der Waals surface area contributed by atoms with Crippen LogP contribution in [0.3, 0.4) is 0 Å². The van der Waals surface area contributed by atoms with Crippen LogP contribution < -0.4 is 10.1 Å². The summed E-state index contributed by atoms with van der Waals surface area (Å²) in [4.78, 5) is 12.0. The Morgan fingerprint density at radius 2 is 1.79 bits per heavy atom. The molecule has 2 aromatic carbocycles. The number of phenols is 1. The number of carbonyl (C=O) groups excluding carboxylic acids is 1. The van der Waals surface area contributed by atoms with E-state index in [1.54, 1.807) is 0 Å². The van der Waals surface area contributed by atoms with E-state index in [9.17, 15) is 26.7 Å². The molecule has 0 fully saturated rings. The molecule has 1 atom stereocenters. The molecule has 1 aliphatic heterocycles. The fourth-order valence-electron chi connectivity index (χ4n) is 2.38. The summed E-state index contributed by atoms with van der Waals surface area (Å²) in [5.41, 5.74) is -1.13. The minimum atomic E-state index is -1.83. The second-order valence-corrected chi connectivity index (χ2v) is 5.02. The number of fused-ring (bicyclic) bond motifs is 1. The maximum Gasteiger partial charge on any atom is 0.255 e. The highest BCUT2D eigenvalue weighted by atomic mass is 19.2. The average Bonchev–Trinajstić information content (AvgIpc) is 2.91. The van der Waals surface area contributed by atoms with Crippen LogP contribution in [-0.4, -0.2) is 17.6 Å². The minimum Gasteiger partial charge on any atom is -0.503 e. The molecular weight excluding hydrogens is 337 g/mol. The van der Waals surface area contributed by atoms with Gasteiger partial charge in [-0.1, -0.05) is 0 Å². The third-order valence-corrected chi connectivity index (χ3v) is 3.49. The molecule has 1 unspecified atom stereocenters. The van der Waals surface area contributed by atoms with E-state index in [-0.39, 0.29) is 24.0 Å². The molecule has 1 heterocycles. The second kappa shape index (κ2) is 5.66. The fraction of sp³-hybridized carbons (Fsp3) is 0.133. The lowest BCUT2D eigenvalue weighted by molar-refractivity contribution is 0.0924. The van der Waals surface area contributed by atoms with Gasteiger partial charge in [-0.2, -0.15) is 4.39 Å². The zero-order chi connectivity index (χ0) is 17.6. The van der Waals surface area contributed by atoms with Crippen molar-refractivity contribution in [2.24, 2.45) is 0 Å². The number of nitrogens with one attached hydrogen (secondary N) is 1. The Labute approximate surface area is 131 Å². The van der Waals surface area contributed by atoms with E-state index in [1.165, 1.54) is 0 Å². The Balaban J connectivity index is 1.91. The molecule has 3 rings (SSSR count). The molecule has 1 amide bonds. The maximum absolute atomic E-state index is 13.8. The first-order valence-electron chi connectivity index (χ1n) is 6.58. The van der Waals surface area contributed by atoms with Crippen LogP contribution in [-0.2, 0) is 0 Å². The molecule has 0 radical (unpaired) electrons. The molecule has 2 N–H and O–H groups in total. The molecule has 24 heavy (non-hydrogen) atoms. The van der Waals surface area contributed by atoms with Gasteiger partial charge in [-0.15, -0.1) is 0 Å². The van der Waals surface area contributed by atoms with Crippen LogP contribution in [0.4, 0.5) is 22.0 Å². The van der Waals surface area contributed by atoms with Gasteiger partial charge in [0.1, 0.15) is 24.0 Å². The monoisotopic (exact) mass is 345 g/mol. The van der Waals surface area contributed by atoms with Crippen molar-refractivity contribution in [3.8, 4) is 11.5 Å². The Morgan fingerprint density at radius 1 is 1.08 bits per heavy atom. The minimum absolute atomic E-state index is 0.133. The van der Waals surface area contributed by atoms with Gasteiger partial charge >= 0.3 is 0 Å². The number of ether oxygens (including phenoxy) is 1. The van der Waals surface area contributed by atoms with E-state index >= 15 is 0 Å². The summed E-state index contributed by atoms with van der Waals surface area (Å²) in [7, 11) is 0. The number of aromatic hydroxyl groups is 1. The summed E-state index contributed by atoms with van der Waals surface area (Å²) < 4.78 is 71.9. The van der Waals surface area contributed by atoms with Crippen LogP contribution in [0.5, 0.6) is 11.5 Å². The van der Waals surface area contributed by atoms with Crippen LogP contribution in [0.15, 0.2) is 18.2 Å². The highest BCUT2D eigenvalue weighted by molar-refractivity contribution is 5.95. The molecule has 4 nitrogen and oxygen atoms in total. The largest absolute Gasteiger partial charge is 0.503 e. The second-order valence-electron chi connectivity index (χ2n) is 5.02.